The van der Waals surface area contributed by atoms with Crippen LogP contribution in [0.1, 0.15) is 29.2 Å². The molecule has 0 fully saturated rings. The third-order valence-electron chi connectivity index (χ3n) is 5.81. The number of aromatic nitrogens is 2. The van der Waals surface area contributed by atoms with E-state index >= 15 is 0 Å². The maximum Gasteiger partial charge on any atom is 0.416 e. The van der Waals surface area contributed by atoms with Crippen molar-refractivity contribution in [3.05, 3.63) is 71.5 Å². The van der Waals surface area contributed by atoms with Gasteiger partial charge in [0.1, 0.15) is 6.61 Å². The lowest BCUT2D eigenvalue weighted by Crippen LogP contribution is -2.39. The number of anilines is 1. The molecule has 0 radical (unpaired) electrons. The third kappa shape index (κ3) is 3.03. The summed E-state index contributed by atoms with van der Waals surface area (Å²) in [6, 6.07) is 16.4. The topological polar surface area (TPSA) is 84.7 Å². The molecule has 1 N–H and O–H groups in total. The third-order valence-corrected chi connectivity index (χ3v) is 5.81. The van der Waals surface area contributed by atoms with Gasteiger partial charge in [-0.05, 0) is 28.7 Å². The molecule has 7 heteroatoms. The highest BCUT2D eigenvalue weighted by Crippen LogP contribution is 2.44. The summed E-state index contributed by atoms with van der Waals surface area (Å²) >= 11 is 0. The first-order valence-electron chi connectivity index (χ1n) is 10.0. The standard InChI is InChI=1S/C23H21N3O4/c27-21(28)12-15-13-24-22-25(15)10-5-11-26(22)23(29)30-14-20-18-8-3-1-6-16(18)17-7-2-4-9-19(17)20/h1-4,6-9,13,20H,5,10-12,14H2,(H,27,28). The molecular formula is C23H21N3O4. The van der Waals surface area contributed by atoms with Crippen LogP contribution in [0, 0.1) is 0 Å². The molecule has 1 aliphatic heterocycles. The summed E-state index contributed by atoms with van der Waals surface area (Å²) in [5.74, 6) is -0.473. The molecule has 0 atom stereocenters. The molecule has 1 aromatic heterocycles. The number of hydrogen-bond donors (Lipinski definition) is 1. The molecule has 30 heavy (non-hydrogen) atoms. The molecule has 2 aromatic carbocycles. The Bertz CT molecular complexity index is 1090. The van der Waals surface area contributed by atoms with Crippen LogP contribution in [0.3, 0.4) is 0 Å². The maximum atomic E-state index is 12.9. The highest BCUT2D eigenvalue weighted by molar-refractivity contribution is 5.86. The molecule has 3 aromatic rings. The molecule has 0 saturated carbocycles. The van der Waals surface area contributed by atoms with E-state index in [1.165, 1.54) is 22.2 Å². The number of carboxylic acid groups (broad SMARTS) is 1. The highest BCUT2D eigenvalue weighted by Gasteiger charge is 2.32. The zero-order chi connectivity index (χ0) is 20.7. The van der Waals surface area contributed by atoms with E-state index in [2.05, 4.69) is 29.2 Å². The molecule has 2 aliphatic rings. The van der Waals surface area contributed by atoms with Crippen LogP contribution in [0.2, 0.25) is 0 Å². The Labute approximate surface area is 173 Å². The SMILES string of the molecule is O=C(O)Cc1cnc2n1CCCN2C(=O)OCC1c2ccccc2-c2ccccc21. The molecular weight excluding hydrogens is 382 g/mol. The quantitative estimate of drug-likeness (QED) is 0.719. The second-order valence-electron chi connectivity index (χ2n) is 7.58. The lowest BCUT2D eigenvalue weighted by molar-refractivity contribution is -0.136. The van der Waals surface area contributed by atoms with E-state index in [0.29, 0.717) is 24.7 Å². The van der Waals surface area contributed by atoms with Crippen molar-refractivity contribution in [3.63, 3.8) is 0 Å². The van der Waals surface area contributed by atoms with Crippen LogP contribution in [-0.4, -0.2) is 39.9 Å². The van der Waals surface area contributed by atoms with Crippen molar-refractivity contribution in [1.29, 1.82) is 0 Å². The van der Waals surface area contributed by atoms with Crippen LogP contribution >= 0.6 is 0 Å². The van der Waals surface area contributed by atoms with Crippen molar-refractivity contribution in [2.24, 2.45) is 0 Å². The molecule has 5 rings (SSSR count). The van der Waals surface area contributed by atoms with E-state index in [0.717, 1.165) is 17.5 Å². The molecule has 152 valence electrons. The van der Waals surface area contributed by atoms with Crippen LogP contribution in [0.4, 0.5) is 10.7 Å². The summed E-state index contributed by atoms with van der Waals surface area (Å²) in [5, 5.41) is 9.08. The summed E-state index contributed by atoms with van der Waals surface area (Å²) in [6.45, 7) is 1.39. The molecule has 0 bridgehead atoms. The molecule has 0 spiro atoms. The fourth-order valence-electron chi connectivity index (χ4n) is 4.49. The Morgan fingerprint density at radius 2 is 1.70 bits per heavy atom. The van der Waals surface area contributed by atoms with Gasteiger partial charge in [-0.3, -0.25) is 4.79 Å². The summed E-state index contributed by atoms with van der Waals surface area (Å²) < 4.78 is 7.53. The minimum atomic E-state index is -0.920. The first kappa shape index (κ1) is 18.4. The number of nitrogens with zero attached hydrogens (tertiary/aromatic N) is 3. The second kappa shape index (κ2) is 7.33. The average Bonchev–Trinajstić information content (AvgIpc) is 3.31. The number of fused-ring (bicyclic) bond motifs is 4. The highest BCUT2D eigenvalue weighted by atomic mass is 16.6. The summed E-state index contributed by atoms with van der Waals surface area (Å²) in [6.07, 6.45) is 1.68. The van der Waals surface area contributed by atoms with Gasteiger partial charge < -0.3 is 14.4 Å². The van der Waals surface area contributed by atoms with Gasteiger partial charge in [0.25, 0.3) is 0 Å². The van der Waals surface area contributed by atoms with Gasteiger partial charge in [0.15, 0.2) is 0 Å². The van der Waals surface area contributed by atoms with Gasteiger partial charge in [0.2, 0.25) is 5.95 Å². The smallest absolute Gasteiger partial charge is 0.416 e. The van der Waals surface area contributed by atoms with Gasteiger partial charge in [-0.1, -0.05) is 48.5 Å². The lowest BCUT2D eigenvalue weighted by Gasteiger charge is -2.28. The number of rotatable bonds is 4. The van der Waals surface area contributed by atoms with E-state index in [-0.39, 0.29) is 18.9 Å². The van der Waals surface area contributed by atoms with E-state index in [1.54, 1.807) is 4.57 Å². The number of carbonyl (C=O) groups is 2. The monoisotopic (exact) mass is 403 g/mol. The number of imidazole rings is 1. The minimum absolute atomic E-state index is 0.00606. The van der Waals surface area contributed by atoms with Gasteiger partial charge in [0, 0.05) is 19.0 Å². The van der Waals surface area contributed by atoms with Crippen LogP contribution in [-0.2, 0) is 22.5 Å². The van der Waals surface area contributed by atoms with E-state index in [4.69, 9.17) is 9.84 Å². The van der Waals surface area contributed by atoms with Crippen molar-refractivity contribution in [2.75, 3.05) is 18.1 Å². The van der Waals surface area contributed by atoms with Crippen molar-refractivity contribution >= 4 is 18.0 Å². The lowest BCUT2D eigenvalue weighted by atomic mass is 9.98. The van der Waals surface area contributed by atoms with Gasteiger partial charge in [-0.2, -0.15) is 0 Å². The van der Waals surface area contributed by atoms with Gasteiger partial charge in [0.05, 0.1) is 18.3 Å². The Hall–Kier alpha value is -3.61. The number of aliphatic carboxylic acids is 1. The van der Waals surface area contributed by atoms with Crippen molar-refractivity contribution < 1.29 is 19.4 Å². The second-order valence-corrected chi connectivity index (χ2v) is 7.58. The van der Waals surface area contributed by atoms with Crippen molar-refractivity contribution in [1.82, 2.24) is 9.55 Å². The van der Waals surface area contributed by atoms with Crippen LogP contribution in [0.15, 0.2) is 54.7 Å². The molecule has 0 saturated heterocycles. The van der Waals surface area contributed by atoms with Gasteiger partial charge >= 0.3 is 12.1 Å². The predicted octanol–water partition coefficient (Wildman–Crippen LogP) is 3.67. The molecule has 1 amide bonds. The molecule has 1 aliphatic carbocycles. The van der Waals surface area contributed by atoms with Gasteiger partial charge in [-0.25, -0.2) is 14.7 Å². The number of hydrogen-bond acceptors (Lipinski definition) is 4. The summed E-state index contributed by atoms with van der Waals surface area (Å²) in [4.78, 5) is 29.8. The normalized spacial score (nSPS) is 14.7. The number of carbonyl (C=O) groups excluding carboxylic acids is 1. The number of ether oxygens (including phenoxy) is 1. The zero-order valence-corrected chi connectivity index (χ0v) is 16.3. The number of benzene rings is 2. The average molecular weight is 403 g/mol. The Kier molecular flexibility index (Phi) is 4.50. The van der Waals surface area contributed by atoms with E-state index in [1.807, 2.05) is 24.3 Å². The van der Waals surface area contributed by atoms with Crippen LogP contribution in [0.25, 0.3) is 11.1 Å². The predicted molar refractivity (Wildman–Crippen MR) is 111 cm³/mol. The minimum Gasteiger partial charge on any atom is -0.481 e. The number of amides is 1. The fourth-order valence-corrected chi connectivity index (χ4v) is 4.49. The Morgan fingerprint density at radius 1 is 1.03 bits per heavy atom. The largest absolute Gasteiger partial charge is 0.481 e. The van der Waals surface area contributed by atoms with E-state index < -0.39 is 12.1 Å². The van der Waals surface area contributed by atoms with E-state index in [9.17, 15) is 9.59 Å². The van der Waals surface area contributed by atoms with Crippen LogP contribution in [0.5, 0.6) is 0 Å². The first-order valence-corrected chi connectivity index (χ1v) is 10.0. The first-order chi connectivity index (χ1) is 14.6. The molecule has 2 heterocycles. The summed E-state index contributed by atoms with van der Waals surface area (Å²) in [5.41, 5.74) is 5.28. The fraction of sp³-hybridized carbons (Fsp3) is 0.261. The molecule has 7 nitrogen and oxygen atoms in total. The van der Waals surface area contributed by atoms with Crippen molar-refractivity contribution in [3.8, 4) is 11.1 Å². The summed E-state index contributed by atoms with van der Waals surface area (Å²) in [7, 11) is 0. The van der Waals surface area contributed by atoms with Crippen LogP contribution < -0.4 is 4.90 Å². The van der Waals surface area contributed by atoms with Gasteiger partial charge in [-0.15, -0.1) is 0 Å². The zero-order valence-electron chi connectivity index (χ0n) is 16.3. The Balaban J connectivity index is 1.36. The van der Waals surface area contributed by atoms with Crippen molar-refractivity contribution in [2.45, 2.75) is 25.3 Å². The Morgan fingerprint density at radius 3 is 2.37 bits per heavy atom. The molecule has 0 unspecified atom stereocenters. The number of carboxylic acids is 1. The maximum absolute atomic E-state index is 12.9.